The molecule has 0 radical (unpaired) electrons. The molecule has 0 fully saturated rings. The minimum Gasteiger partial charge on any atom is -0.489 e. The minimum absolute atomic E-state index is 0.157. The van der Waals surface area contributed by atoms with E-state index in [0.717, 1.165) is 22.4 Å². The lowest BCUT2D eigenvalue weighted by Crippen LogP contribution is -2.13. The Balaban J connectivity index is 1.64. The van der Waals surface area contributed by atoms with Crippen molar-refractivity contribution in [2.45, 2.75) is 19.1 Å². The summed E-state index contributed by atoms with van der Waals surface area (Å²) in [6, 6.07) is 24.2. The van der Waals surface area contributed by atoms with Gasteiger partial charge in [0, 0.05) is 6.04 Å². The highest BCUT2D eigenvalue weighted by atomic mass is 19.1. The van der Waals surface area contributed by atoms with Gasteiger partial charge in [-0.3, -0.25) is 0 Å². The van der Waals surface area contributed by atoms with Crippen LogP contribution in [0, 0.1) is 5.82 Å². The highest BCUT2D eigenvalue weighted by molar-refractivity contribution is 5.32. The number of benzene rings is 3. The molecule has 0 saturated heterocycles. The minimum atomic E-state index is -0.233. The van der Waals surface area contributed by atoms with Crippen molar-refractivity contribution >= 4 is 0 Å². The van der Waals surface area contributed by atoms with E-state index < -0.39 is 0 Å². The number of nitrogens with two attached hydrogens (primary N) is 1. The summed E-state index contributed by atoms with van der Waals surface area (Å²) in [7, 11) is 0. The maximum Gasteiger partial charge on any atom is 0.123 e. The molecule has 3 rings (SSSR count). The van der Waals surface area contributed by atoms with Crippen LogP contribution in [0.3, 0.4) is 0 Å². The molecule has 0 aromatic heterocycles. The van der Waals surface area contributed by atoms with Crippen LogP contribution in [0.2, 0.25) is 0 Å². The molecule has 0 saturated carbocycles. The molecule has 1 atom stereocenters. The third kappa shape index (κ3) is 4.43. The van der Waals surface area contributed by atoms with Crippen molar-refractivity contribution in [3.63, 3.8) is 0 Å². The predicted octanol–water partition coefficient (Wildman–Crippen LogP) is 4.65. The zero-order chi connectivity index (χ0) is 16.8. The van der Waals surface area contributed by atoms with Crippen molar-refractivity contribution in [3.8, 4) is 5.75 Å². The van der Waals surface area contributed by atoms with Gasteiger partial charge in [0.1, 0.15) is 18.2 Å². The molecule has 0 aliphatic rings. The largest absolute Gasteiger partial charge is 0.489 e. The van der Waals surface area contributed by atoms with Gasteiger partial charge in [-0.25, -0.2) is 4.39 Å². The number of hydrogen-bond acceptors (Lipinski definition) is 2. The van der Waals surface area contributed by atoms with Gasteiger partial charge >= 0.3 is 0 Å². The summed E-state index contributed by atoms with van der Waals surface area (Å²) in [6.07, 6.45) is 0.655. The van der Waals surface area contributed by atoms with E-state index in [0.29, 0.717) is 13.0 Å². The van der Waals surface area contributed by atoms with Crippen LogP contribution in [0.5, 0.6) is 5.75 Å². The summed E-state index contributed by atoms with van der Waals surface area (Å²) in [5.41, 5.74) is 9.43. The Morgan fingerprint density at radius 3 is 2.33 bits per heavy atom. The first-order chi connectivity index (χ1) is 11.7. The van der Waals surface area contributed by atoms with Crippen molar-refractivity contribution in [1.82, 2.24) is 0 Å². The molecule has 0 spiro atoms. The van der Waals surface area contributed by atoms with Crippen LogP contribution in [0.1, 0.15) is 22.7 Å². The average molecular weight is 321 g/mol. The highest BCUT2D eigenvalue weighted by Crippen LogP contribution is 2.22. The average Bonchev–Trinajstić information content (AvgIpc) is 2.63. The standard InChI is InChI=1S/C21H20FNO/c22-19-11-9-16(10-12-19)13-21(23)18-7-4-8-20(14-18)24-15-17-5-2-1-3-6-17/h1-12,14,21H,13,15,23H2. The van der Waals surface area contributed by atoms with Crippen LogP contribution in [0.25, 0.3) is 0 Å². The lowest BCUT2D eigenvalue weighted by atomic mass is 9.99. The van der Waals surface area contributed by atoms with Crippen LogP contribution in [0.15, 0.2) is 78.9 Å². The smallest absolute Gasteiger partial charge is 0.123 e. The first-order valence-corrected chi connectivity index (χ1v) is 7.97. The molecular weight excluding hydrogens is 301 g/mol. The third-order valence-electron chi connectivity index (χ3n) is 3.90. The van der Waals surface area contributed by atoms with E-state index in [9.17, 15) is 4.39 Å². The van der Waals surface area contributed by atoms with Crippen LogP contribution < -0.4 is 10.5 Å². The molecule has 24 heavy (non-hydrogen) atoms. The van der Waals surface area contributed by atoms with Crippen LogP contribution in [0.4, 0.5) is 4.39 Å². The van der Waals surface area contributed by atoms with E-state index in [1.807, 2.05) is 54.6 Å². The zero-order valence-corrected chi connectivity index (χ0v) is 13.4. The van der Waals surface area contributed by atoms with Crippen molar-refractivity contribution < 1.29 is 9.13 Å². The fourth-order valence-corrected chi connectivity index (χ4v) is 2.57. The zero-order valence-electron chi connectivity index (χ0n) is 13.4. The van der Waals surface area contributed by atoms with Gasteiger partial charge in [-0.15, -0.1) is 0 Å². The molecule has 122 valence electrons. The SMILES string of the molecule is NC(Cc1ccc(F)cc1)c1cccc(OCc2ccccc2)c1. The maximum absolute atomic E-state index is 13.0. The Bertz CT molecular complexity index is 771. The molecule has 0 heterocycles. The van der Waals surface area contributed by atoms with Crippen molar-refractivity contribution in [3.05, 3.63) is 101 Å². The van der Waals surface area contributed by atoms with E-state index in [2.05, 4.69) is 0 Å². The highest BCUT2D eigenvalue weighted by Gasteiger charge is 2.08. The van der Waals surface area contributed by atoms with Crippen LogP contribution in [-0.2, 0) is 13.0 Å². The molecular formula is C21H20FNO. The van der Waals surface area contributed by atoms with E-state index in [-0.39, 0.29) is 11.9 Å². The summed E-state index contributed by atoms with van der Waals surface area (Å²) >= 11 is 0. The monoisotopic (exact) mass is 321 g/mol. The van der Waals surface area contributed by atoms with Gasteiger partial charge in [-0.05, 0) is 47.4 Å². The molecule has 3 heteroatoms. The summed E-state index contributed by atoms with van der Waals surface area (Å²) < 4.78 is 18.8. The molecule has 0 aliphatic heterocycles. The van der Waals surface area contributed by atoms with Crippen molar-refractivity contribution in [1.29, 1.82) is 0 Å². The normalized spacial score (nSPS) is 11.9. The second-order valence-corrected chi connectivity index (χ2v) is 5.78. The predicted molar refractivity (Wildman–Crippen MR) is 94.2 cm³/mol. The maximum atomic E-state index is 13.0. The Labute approximate surface area is 141 Å². The molecule has 2 nitrogen and oxygen atoms in total. The van der Waals surface area contributed by atoms with Crippen LogP contribution >= 0.6 is 0 Å². The summed E-state index contributed by atoms with van der Waals surface area (Å²) in [6.45, 7) is 0.525. The number of halogens is 1. The van der Waals surface area contributed by atoms with Crippen molar-refractivity contribution in [2.75, 3.05) is 0 Å². The molecule has 1 unspecified atom stereocenters. The Morgan fingerprint density at radius 1 is 0.833 bits per heavy atom. The lowest BCUT2D eigenvalue weighted by molar-refractivity contribution is 0.305. The molecule has 0 aliphatic carbocycles. The Morgan fingerprint density at radius 2 is 1.58 bits per heavy atom. The quantitative estimate of drug-likeness (QED) is 0.717. The van der Waals surface area contributed by atoms with E-state index in [4.69, 9.17) is 10.5 Å². The first-order valence-electron chi connectivity index (χ1n) is 7.97. The molecule has 0 bridgehead atoms. The summed E-state index contributed by atoms with van der Waals surface area (Å²) in [5.74, 6) is 0.564. The summed E-state index contributed by atoms with van der Waals surface area (Å²) in [4.78, 5) is 0. The fourth-order valence-electron chi connectivity index (χ4n) is 2.57. The van der Waals surface area contributed by atoms with E-state index in [1.165, 1.54) is 12.1 Å². The van der Waals surface area contributed by atoms with E-state index >= 15 is 0 Å². The van der Waals surface area contributed by atoms with Gasteiger partial charge in [-0.2, -0.15) is 0 Å². The van der Waals surface area contributed by atoms with Crippen molar-refractivity contribution in [2.24, 2.45) is 5.73 Å². The molecule has 0 amide bonds. The second kappa shape index (κ2) is 7.75. The molecule has 2 N–H and O–H groups in total. The first kappa shape index (κ1) is 16.2. The topological polar surface area (TPSA) is 35.2 Å². The third-order valence-corrected chi connectivity index (χ3v) is 3.90. The molecule has 3 aromatic rings. The number of hydrogen-bond donors (Lipinski definition) is 1. The Hall–Kier alpha value is -2.65. The number of ether oxygens (including phenoxy) is 1. The summed E-state index contributed by atoms with van der Waals surface area (Å²) in [5, 5.41) is 0. The second-order valence-electron chi connectivity index (χ2n) is 5.78. The Kier molecular flexibility index (Phi) is 5.24. The van der Waals surface area contributed by atoms with Gasteiger partial charge in [0.25, 0.3) is 0 Å². The number of rotatable bonds is 6. The van der Waals surface area contributed by atoms with Gasteiger partial charge in [0.2, 0.25) is 0 Å². The van der Waals surface area contributed by atoms with Gasteiger partial charge in [0.05, 0.1) is 0 Å². The van der Waals surface area contributed by atoms with Gasteiger partial charge in [0.15, 0.2) is 0 Å². The van der Waals surface area contributed by atoms with Gasteiger partial charge < -0.3 is 10.5 Å². The lowest BCUT2D eigenvalue weighted by Gasteiger charge is -2.14. The van der Waals surface area contributed by atoms with E-state index in [1.54, 1.807) is 12.1 Å². The van der Waals surface area contributed by atoms with Crippen LogP contribution in [-0.4, -0.2) is 0 Å². The fraction of sp³-hybridized carbons (Fsp3) is 0.143. The van der Waals surface area contributed by atoms with Gasteiger partial charge in [-0.1, -0.05) is 54.6 Å². The molecule has 3 aromatic carbocycles.